The van der Waals surface area contributed by atoms with Gasteiger partial charge in [-0.3, -0.25) is 9.59 Å². The van der Waals surface area contributed by atoms with Gasteiger partial charge in [-0.1, -0.05) is 13.3 Å². The number of carbonyl (C=O) groups excluding carboxylic acids is 1. The second kappa shape index (κ2) is 5.87. The Hall–Kier alpha value is -1.06. The number of hydrogen-bond acceptors (Lipinski definition) is 2. The predicted octanol–water partition coefficient (Wildman–Crippen LogP) is 1.79. The molecule has 1 aliphatic carbocycles. The van der Waals surface area contributed by atoms with E-state index in [1.165, 1.54) is 13.3 Å². The molecule has 1 amide bonds. The molecule has 1 unspecified atom stereocenters. The highest BCUT2D eigenvalue weighted by Crippen LogP contribution is 2.30. The highest BCUT2D eigenvalue weighted by Gasteiger charge is 2.27. The average Bonchev–Trinajstić information content (AvgIpc) is 2.28. The molecule has 1 aliphatic rings. The van der Waals surface area contributed by atoms with Gasteiger partial charge in [-0.15, -0.1) is 0 Å². The van der Waals surface area contributed by atoms with Gasteiger partial charge in [0.25, 0.3) is 0 Å². The zero-order valence-corrected chi connectivity index (χ0v) is 10.0. The number of nitrogens with one attached hydrogen (secondary N) is 1. The highest BCUT2D eigenvalue weighted by molar-refractivity contribution is 5.84. The van der Waals surface area contributed by atoms with Gasteiger partial charge in [0.15, 0.2) is 0 Å². The van der Waals surface area contributed by atoms with Crippen molar-refractivity contribution in [1.82, 2.24) is 5.32 Å². The van der Waals surface area contributed by atoms with Crippen molar-refractivity contribution in [3.8, 4) is 0 Å². The van der Waals surface area contributed by atoms with Gasteiger partial charge in [-0.05, 0) is 38.5 Å². The van der Waals surface area contributed by atoms with Crippen LogP contribution in [0.1, 0.15) is 46.0 Å². The van der Waals surface area contributed by atoms with Crippen molar-refractivity contribution in [3.63, 3.8) is 0 Å². The summed E-state index contributed by atoms with van der Waals surface area (Å²) in [7, 11) is 0. The van der Waals surface area contributed by atoms with Crippen LogP contribution < -0.4 is 5.32 Å². The Kier molecular flexibility index (Phi) is 4.77. The minimum Gasteiger partial charge on any atom is -0.480 e. The molecule has 0 spiro atoms. The van der Waals surface area contributed by atoms with Crippen LogP contribution in [0.5, 0.6) is 0 Å². The fourth-order valence-electron chi connectivity index (χ4n) is 2.23. The number of amides is 1. The van der Waals surface area contributed by atoms with Crippen molar-refractivity contribution >= 4 is 11.9 Å². The van der Waals surface area contributed by atoms with Gasteiger partial charge < -0.3 is 10.4 Å². The molecule has 4 heteroatoms. The van der Waals surface area contributed by atoms with Gasteiger partial charge in [0.1, 0.15) is 6.04 Å². The van der Waals surface area contributed by atoms with Crippen molar-refractivity contribution in [3.05, 3.63) is 0 Å². The first-order valence-corrected chi connectivity index (χ1v) is 6.07. The Morgan fingerprint density at radius 1 is 1.31 bits per heavy atom. The molecule has 0 saturated heterocycles. The van der Waals surface area contributed by atoms with Crippen LogP contribution in [0, 0.1) is 11.8 Å². The van der Waals surface area contributed by atoms with Crippen LogP contribution in [0.15, 0.2) is 0 Å². The third kappa shape index (κ3) is 3.51. The summed E-state index contributed by atoms with van der Waals surface area (Å²) in [4.78, 5) is 22.3. The third-order valence-electron chi connectivity index (χ3n) is 3.52. The second-order valence-corrected chi connectivity index (χ2v) is 4.69. The molecule has 0 heterocycles. The Morgan fingerprint density at radius 2 is 1.88 bits per heavy atom. The van der Waals surface area contributed by atoms with Crippen LogP contribution in [0.2, 0.25) is 0 Å². The summed E-state index contributed by atoms with van der Waals surface area (Å²) in [5, 5.41) is 11.2. The first kappa shape index (κ1) is 13.0. The Balaban J connectivity index is 2.36. The minimum absolute atomic E-state index is 0.0181. The Morgan fingerprint density at radius 3 is 2.31 bits per heavy atom. The average molecular weight is 227 g/mol. The summed E-state index contributed by atoms with van der Waals surface area (Å²) in [5.41, 5.74) is 0. The Bertz CT molecular complexity index is 257. The zero-order chi connectivity index (χ0) is 12.1. The summed E-state index contributed by atoms with van der Waals surface area (Å²) in [6.07, 6.45) is 5.17. The standard InChI is InChI=1S/C12H21NO3/c1-3-9-4-6-10(7-5-9)11(14)13-8(2)12(15)16/h8-10H,3-7H2,1-2H3,(H,13,14)(H,15,16). The maximum Gasteiger partial charge on any atom is 0.325 e. The van der Waals surface area contributed by atoms with E-state index in [1.54, 1.807) is 0 Å². The van der Waals surface area contributed by atoms with E-state index in [0.29, 0.717) is 0 Å². The van der Waals surface area contributed by atoms with E-state index < -0.39 is 12.0 Å². The van der Waals surface area contributed by atoms with Crippen molar-refractivity contribution < 1.29 is 14.7 Å². The molecule has 0 aromatic heterocycles. The molecule has 1 saturated carbocycles. The van der Waals surface area contributed by atoms with E-state index in [0.717, 1.165) is 31.6 Å². The maximum atomic E-state index is 11.7. The van der Waals surface area contributed by atoms with Gasteiger partial charge in [0.2, 0.25) is 5.91 Å². The number of hydrogen-bond donors (Lipinski definition) is 2. The summed E-state index contributed by atoms with van der Waals surface area (Å²) < 4.78 is 0. The molecule has 1 atom stereocenters. The van der Waals surface area contributed by atoms with E-state index >= 15 is 0 Å². The first-order valence-electron chi connectivity index (χ1n) is 6.07. The molecule has 92 valence electrons. The van der Waals surface area contributed by atoms with E-state index in [4.69, 9.17) is 5.11 Å². The third-order valence-corrected chi connectivity index (χ3v) is 3.52. The zero-order valence-electron chi connectivity index (χ0n) is 10.0. The van der Waals surface area contributed by atoms with Crippen molar-refractivity contribution in [2.75, 3.05) is 0 Å². The van der Waals surface area contributed by atoms with E-state index in [9.17, 15) is 9.59 Å². The Labute approximate surface area is 96.4 Å². The topological polar surface area (TPSA) is 66.4 Å². The number of aliphatic carboxylic acids is 1. The van der Waals surface area contributed by atoms with Gasteiger partial charge >= 0.3 is 5.97 Å². The van der Waals surface area contributed by atoms with Crippen molar-refractivity contribution in [1.29, 1.82) is 0 Å². The van der Waals surface area contributed by atoms with Crippen LogP contribution in [-0.4, -0.2) is 23.0 Å². The lowest BCUT2D eigenvalue weighted by Gasteiger charge is -2.27. The number of rotatable bonds is 4. The second-order valence-electron chi connectivity index (χ2n) is 4.69. The van der Waals surface area contributed by atoms with Gasteiger partial charge in [0.05, 0.1) is 0 Å². The minimum atomic E-state index is -0.976. The summed E-state index contributed by atoms with van der Waals surface area (Å²) in [6, 6.07) is -0.781. The lowest BCUT2D eigenvalue weighted by Crippen LogP contribution is -2.42. The molecule has 0 aromatic carbocycles. The predicted molar refractivity (Wildman–Crippen MR) is 61.0 cm³/mol. The van der Waals surface area contributed by atoms with Gasteiger partial charge in [-0.2, -0.15) is 0 Å². The normalized spacial score (nSPS) is 27.1. The summed E-state index contributed by atoms with van der Waals surface area (Å²) in [6.45, 7) is 3.68. The first-order chi connectivity index (χ1) is 7.54. The molecule has 2 N–H and O–H groups in total. The van der Waals surface area contributed by atoms with E-state index in [1.807, 2.05) is 0 Å². The van der Waals surface area contributed by atoms with Crippen LogP contribution >= 0.6 is 0 Å². The molecular formula is C12H21NO3. The SMILES string of the molecule is CCC1CCC(C(=O)NC(C)C(=O)O)CC1. The number of carboxylic acids is 1. The highest BCUT2D eigenvalue weighted by atomic mass is 16.4. The lowest BCUT2D eigenvalue weighted by atomic mass is 9.80. The number of carbonyl (C=O) groups is 2. The van der Waals surface area contributed by atoms with E-state index in [2.05, 4.69) is 12.2 Å². The molecule has 1 fully saturated rings. The molecule has 0 aliphatic heterocycles. The van der Waals surface area contributed by atoms with E-state index in [-0.39, 0.29) is 11.8 Å². The van der Waals surface area contributed by atoms with Crippen molar-refractivity contribution in [2.45, 2.75) is 52.0 Å². The molecular weight excluding hydrogens is 206 g/mol. The van der Waals surface area contributed by atoms with Crippen LogP contribution in [0.3, 0.4) is 0 Å². The van der Waals surface area contributed by atoms with Crippen molar-refractivity contribution in [2.24, 2.45) is 11.8 Å². The molecule has 1 rings (SSSR count). The molecule has 0 bridgehead atoms. The maximum absolute atomic E-state index is 11.7. The van der Waals surface area contributed by atoms with Gasteiger partial charge in [-0.25, -0.2) is 0 Å². The molecule has 4 nitrogen and oxygen atoms in total. The molecule has 0 aromatic rings. The summed E-state index contributed by atoms with van der Waals surface area (Å²) >= 11 is 0. The van der Waals surface area contributed by atoms with Crippen LogP contribution in [-0.2, 0) is 9.59 Å². The van der Waals surface area contributed by atoms with Gasteiger partial charge in [0, 0.05) is 5.92 Å². The number of carboxylic acid groups (broad SMARTS) is 1. The lowest BCUT2D eigenvalue weighted by molar-refractivity contribution is -0.142. The largest absolute Gasteiger partial charge is 0.480 e. The smallest absolute Gasteiger partial charge is 0.325 e. The fourth-order valence-corrected chi connectivity index (χ4v) is 2.23. The quantitative estimate of drug-likeness (QED) is 0.769. The monoisotopic (exact) mass is 227 g/mol. The fraction of sp³-hybridized carbons (Fsp3) is 0.833. The van der Waals surface area contributed by atoms with Crippen LogP contribution in [0.4, 0.5) is 0 Å². The summed E-state index contributed by atoms with van der Waals surface area (Å²) in [5.74, 6) is -0.300. The molecule has 16 heavy (non-hydrogen) atoms. The molecule has 0 radical (unpaired) electrons. The van der Waals surface area contributed by atoms with Crippen LogP contribution in [0.25, 0.3) is 0 Å².